The van der Waals surface area contributed by atoms with Crippen LogP contribution in [0.1, 0.15) is 6.42 Å². The SMILES string of the molecule is COC(=O)C1=CC(CCl)(C(=O)OC)CC=C1. The molecule has 0 fully saturated rings. The summed E-state index contributed by atoms with van der Waals surface area (Å²) in [5.41, 5.74) is -0.644. The van der Waals surface area contributed by atoms with Crippen molar-refractivity contribution in [3.05, 3.63) is 23.8 Å². The van der Waals surface area contributed by atoms with Gasteiger partial charge in [-0.15, -0.1) is 11.6 Å². The molecule has 1 unspecified atom stereocenters. The molecule has 0 N–H and O–H groups in total. The van der Waals surface area contributed by atoms with Crippen molar-refractivity contribution in [3.8, 4) is 0 Å². The maximum atomic E-state index is 11.6. The number of methoxy groups -OCH3 is 2. The van der Waals surface area contributed by atoms with Crippen molar-refractivity contribution in [3.63, 3.8) is 0 Å². The van der Waals surface area contributed by atoms with E-state index in [4.69, 9.17) is 16.3 Å². The van der Waals surface area contributed by atoms with Crippen molar-refractivity contribution in [2.75, 3.05) is 20.1 Å². The molecule has 1 aliphatic carbocycles. The Morgan fingerprint density at radius 2 is 2.12 bits per heavy atom. The predicted molar refractivity (Wildman–Crippen MR) is 59.0 cm³/mol. The van der Waals surface area contributed by atoms with Crippen molar-refractivity contribution >= 4 is 23.5 Å². The van der Waals surface area contributed by atoms with Gasteiger partial charge in [0, 0.05) is 5.88 Å². The molecule has 5 heteroatoms. The maximum Gasteiger partial charge on any atom is 0.337 e. The Kier molecular flexibility index (Phi) is 4.12. The molecular weight excluding hydrogens is 232 g/mol. The fraction of sp³-hybridized carbons (Fsp3) is 0.455. The van der Waals surface area contributed by atoms with E-state index in [1.807, 2.05) is 0 Å². The number of alkyl halides is 1. The summed E-state index contributed by atoms with van der Waals surface area (Å²) in [5.74, 6) is -0.882. The van der Waals surface area contributed by atoms with Gasteiger partial charge < -0.3 is 9.47 Å². The zero-order valence-corrected chi connectivity index (χ0v) is 9.91. The summed E-state index contributed by atoms with van der Waals surface area (Å²) >= 11 is 5.79. The molecule has 1 rings (SSSR count). The molecule has 0 heterocycles. The van der Waals surface area contributed by atoms with E-state index < -0.39 is 17.4 Å². The monoisotopic (exact) mass is 244 g/mol. The van der Waals surface area contributed by atoms with Crippen LogP contribution in [0, 0.1) is 5.41 Å². The van der Waals surface area contributed by atoms with Crippen LogP contribution < -0.4 is 0 Å². The molecule has 0 aliphatic heterocycles. The average Bonchev–Trinajstić information content (AvgIpc) is 2.36. The number of carbonyl (C=O) groups excluding carboxylic acids is 2. The fourth-order valence-electron chi connectivity index (χ4n) is 1.54. The topological polar surface area (TPSA) is 52.6 Å². The molecule has 0 spiro atoms. The standard InChI is InChI=1S/C11H13ClO4/c1-15-9(13)8-4-3-5-11(6-8,7-12)10(14)16-2/h3-4,6H,5,7H2,1-2H3. The van der Waals surface area contributed by atoms with Crippen LogP contribution in [0.15, 0.2) is 23.8 Å². The van der Waals surface area contributed by atoms with Crippen LogP contribution in [0.25, 0.3) is 0 Å². The third-order valence-electron chi connectivity index (χ3n) is 2.46. The highest BCUT2D eigenvalue weighted by Crippen LogP contribution is 2.33. The summed E-state index contributed by atoms with van der Waals surface area (Å²) in [5, 5.41) is 0. The second-order valence-corrected chi connectivity index (χ2v) is 3.75. The highest BCUT2D eigenvalue weighted by Gasteiger charge is 2.38. The summed E-state index contributed by atoms with van der Waals surface area (Å²) in [6.07, 6.45) is 5.26. The minimum Gasteiger partial charge on any atom is -0.468 e. The third kappa shape index (κ3) is 2.27. The Balaban J connectivity index is 3.06. The first-order valence-electron chi connectivity index (χ1n) is 4.71. The lowest BCUT2D eigenvalue weighted by atomic mass is 9.81. The van der Waals surface area contributed by atoms with Gasteiger partial charge in [-0.3, -0.25) is 4.79 Å². The van der Waals surface area contributed by atoms with E-state index in [9.17, 15) is 9.59 Å². The number of hydrogen-bond acceptors (Lipinski definition) is 4. The van der Waals surface area contributed by atoms with E-state index in [1.165, 1.54) is 20.3 Å². The summed E-state index contributed by atoms with van der Waals surface area (Å²) in [6, 6.07) is 0. The predicted octanol–water partition coefficient (Wildman–Crippen LogP) is 1.44. The Hall–Kier alpha value is -1.29. The van der Waals surface area contributed by atoms with Gasteiger partial charge in [-0.2, -0.15) is 0 Å². The quantitative estimate of drug-likeness (QED) is 0.557. The summed E-state index contributed by atoms with van der Waals surface area (Å²) < 4.78 is 9.28. The lowest BCUT2D eigenvalue weighted by Gasteiger charge is -2.26. The largest absolute Gasteiger partial charge is 0.468 e. The second kappa shape index (κ2) is 5.16. The molecule has 0 amide bonds. The van der Waals surface area contributed by atoms with Gasteiger partial charge in [0.25, 0.3) is 0 Å². The molecule has 4 nitrogen and oxygen atoms in total. The van der Waals surface area contributed by atoms with Gasteiger partial charge in [0.1, 0.15) is 5.41 Å². The zero-order valence-electron chi connectivity index (χ0n) is 9.16. The lowest BCUT2D eigenvalue weighted by Crippen LogP contribution is -2.34. The lowest BCUT2D eigenvalue weighted by molar-refractivity contribution is -0.148. The Morgan fingerprint density at radius 1 is 1.44 bits per heavy atom. The van der Waals surface area contributed by atoms with Gasteiger partial charge in [0.05, 0.1) is 19.8 Å². The minimum absolute atomic E-state index is 0.0600. The molecule has 0 bridgehead atoms. The summed E-state index contributed by atoms with van der Waals surface area (Å²) in [7, 11) is 2.58. The molecule has 88 valence electrons. The molecule has 0 aromatic heterocycles. The van der Waals surface area contributed by atoms with Gasteiger partial charge in [-0.25, -0.2) is 4.79 Å². The van der Waals surface area contributed by atoms with Crippen molar-refractivity contribution in [1.82, 2.24) is 0 Å². The number of allylic oxidation sites excluding steroid dienone is 1. The van der Waals surface area contributed by atoms with Crippen LogP contribution in [-0.4, -0.2) is 32.0 Å². The number of carbonyl (C=O) groups is 2. The van der Waals surface area contributed by atoms with E-state index >= 15 is 0 Å². The van der Waals surface area contributed by atoms with Gasteiger partial charge in [0.2, 0.25) is 0 Å². The highest BCUT2D eigenvalue weighted by atomic mass is 35.5. The number of ether oxygens (including phenoxy) is 2. The van der Waals surface area contributed by atoms with Crippen LogP contribution in [-0.2, 0) is 19.1 Å². The Labute approximate surface area is 98.9 Å². The number of halogens is 1. The van der Waals surface area contributed by atoms with Crippen LogP contribution in [0.5, 0.6) is 0 Å². The Morgan fingerprint density at radius 3 is 2.62 bits per heavy atom. The fourth-order valence-corrected chi connectivity index (χ4v) is 1.83. The van der Waals surface area contributed by atoms with Crippen molar-refractivity contribution in [2.45, 2.75) is 6.42 Å². The van der Waals surface area contributed by atoms with Crippen LogP contribution in [0.2, 0.25) is 0 Å². The van der Waals surface area contributed by atoms with Crippen molar-refractivity contribution < 1.29 is 19.1 Å². The van der Waals surface area contributed by atoms with Gasteiger partial charge >= 0.3 is 11.9 Å². The second-order valence-electron chi connectivity index (χ2n) is 3.48. The molecule has 0 saturated carbocycles. The maximum absolute atomic E-state index is 11.6. The normalized spacial score (nSPS) is 23.6. The molecule has 0 aromatic rings. The molecule has 1 aliphatic rings. The zero-order chi connectivity index (χ0) is 12.2. The molecular formula is C11H13ClO4. The number of esters is 2. The molecule has 0 saturated heterocycles. The smallest absolute Gasteiger partial charge is 0.337 e. The molecule has 16 heavy (non-hydrogen) atoms. The summed E-state index contributed by atoms with van der Waals surface area (Å²) in [4.78, 5) is 23.0. The summed E-state index contributed by atoms with van der Waals surface area (Å²) in [6.45, 7) is 0. The van der Waals surface area contributed by atoms with Crippen LogP contribution in [0.3, 0.4) is 0 Å². The minimum atomic E-state index is -0.964. The third-order valence-corrected chi connectivity index (χ3v) is 2.94. The van der Waals surface area contributed by atoms with Crippen molar-refractivity contribution in [1.29, 1.82) is 0 Å². The van der Waals surface area contributed by atoms with E-state index in [0.717, 1.165) is 0 Å². The first-order chi connectivity index (χ1) is 7.59. The first-order valence-corrected chi connectivity index (χ1v) is 5.25. The van der Waals surface area contributed by atoms with E-state index in [1.54, 1.807) is 12.2 Å². The highest BCUT2D eigenvalue weighted by molar-refractivity contribution is 6.20. The van der Waals surface area contributed by atoms with Gasteiger partial charge in [-0.05, 0) is 6.42 Å². The Bertz CT molecular complexity index is 359. The molecule has 0 aromatic carbocycles. The van der Waals surface area contributed by atoms with Crippen LogP contribution in [0.4, 0.5) is 0 Å². The molecule has 1 atom stereocenters. The molecule has 0 radical (unpaired) electrons. The number of rotatable bonds is 3. The first kappa shape index (κ1) is 12.8. The van der Waals surface area contributed by atoms with Gasteiger partial charge in [-0.1, -0.05) is 18.2 Å². The van der Waals surface area contributed by atoms with Crippen LogP contribution >= 0.6 is 11.6 Å². The van der Waals surface area contributed by atoms with E-state index in [2.05, 4.69) is 4.74 Å². The van der Waals surface area contributed by atoms with E-state index in [0.29, 0.717) is 12.0 Å². The van der Waals surface area contributed by atoms with E-state index in [-0.39, 0.29) is 5.88 Å². The average molecular weight is 245 g/mol. The number of hydrogen-bond donors (Lipinski definition) is 0. The van der Waals surface area contributed by atoms with Gasteiger partial charge in [0.15, 0.2) is 0 Å². The van der Waals surface area contributed by atoms with Crippen molar-refractivity contribution in [2.24, 2.45) is 5.41 Å².